The Kier molecular flexibility index (Phi) is 11.4. The number of nitrogens with zero attached hydrogens (tertiary/aromatic N) is 4. The standard InChI is InChI=1S/C22H29N5O7S/c23-15-35-18-3-1-16(2-4-18)9-19(28)24-10-17-11-26(13-21(31)32)6-5-25(12-20(29)30)7-8-27(17)14-22(33)34/h1-4,17H,5-14H2,(H,24,28)(H,29,30)(H,31,32)(H,33,34). The van der Waals surface area contributed by atoms with Crippen LogP contribution in [0.15, 0.2) is 29.2 Å². The molecular formula is C22H29N5O7S. The molecule has 35 heavy (non-hydrogen) atoms. The second-order valence-corrected chi connectivity index (χ2v) is 8.99. The lowest BCUT2D eigenvalue weighted by molar-refractivity contribution is -0.140. The highest BCUT2D eigenvalue weighted by molar-refractivity contribution is 8.03. The smallest absolute Gasteiger partial charge is 0.317 e. The van der Waals surface area contributed by atoms with Crippen molar-refractivity contribution in [3.05, 3.63) is 29.8 Å². The Bertz CT molecular complexity index is 937. The molecule has 1 aliphatic rings. The summed E-state index contributed by atoms with van der Waals surface area (Å²) in [5.41, 5.74) is 0.749. The van der Waals surface area contributed by atoms with Crippen molar-refractivity contribution in [2.75, 3.05) is 58.9 Å². The third-order valence-corrected chi connectivity index (χ3v) is 6.06. The fourth-order valence-corrected chi connectivity index (χ4v) is 4.20. The zero-order chi connectivity index (χ0) is 25.8. The third kappa shape index (κ3) is 10.7. The predicted molar refractivity (Wildman–Crippen MR) is 126 cm³/mol. The summed E-state index contributed by atoms with van der Waals surface area (Å²) in [6.07, 6.45) is 0.0916. The van der Waals surface area contributed by atoms with Crippen molar-refractivity contribution in [2.45, 2.75) is 17.4 Å². The van der Waals surface area contributed by atoms with Crippen molar-refractivity contribution in [1.29, 1.82) is 5.26 Å². The topological polar surface area (TPSA) is 175 Å². The number of nitriles is 1. The molecule has 1 atom stereocenters. The number of carbonyl (C=O) groups is 4. The number of hydrogen-bond donors (Lipinski definition) is 4. The number of rotatable bonds is 11. The van der Waals surface area contributed by atoms with E-state index in [0.29, 0.717) is 6.54 Å². The Morgan fingerprint density at radius 2 is 1.49 bits per heavy atom. The second-order valence-electron chi connectivity index (χ2n) is 8.13. The van der Waals surface area contributed by atoms with Gasteiger partial charge in [0.25, 0.3) is 0 Å². The van der Waals surface area contributed by atoms with Gasteiger partial charge in [-0.3, -0.25) is 33.9 Å². The van der Waals surface area contributed by atoms with Crippen molar-refractivity contribution in [1.82, 2.24) is 20.0 Å². The molecule has 1 aliphatic heterocycles. The highest BCUT2D eigenvalue weighted by Gasteiger charge is 2.28. The summed E-state index contributed by atoms with van der Waals surface area (Å²) in [7, 11) is 0. The summed E-state index contributed by atoms with van der Waals surface area (Å²) in [5.74, 6) is -3.44. The van der Waals surface area contributed by atoms with E-state index in [9.17, 15) is 29.4 Å². The Labute approximate surface area is 207 Å². The number of benzene rings is 1. The molecule has 0 saturated carbocycles. The van der Waals surface area contributed by atoms with Crippen molar-refractivity contribution in [3.8, 4) is 5.40 Å². The molecular weight excluding hydrogens is 478 g/mol. The molecule has 0 radical (unpaired) electrons. The average Bonchev–Trinajstić information content (AvgIpc) is 2.84. The van der Waals surface area contributed by atoms with Gasteiger partial charge >= 0.3 is 17.9 Å². The van der Waals surface area contributed by atoms with E-state index in [1.54, 1.807) is 39.0 Å². The SMILES string of the molecule is N#CSc1ccc(CC(=O)NCC2CN(CC(=O)O)CCN(CC(=O)O)CCN2CC(=O)O)cc1. The van der Waals surface area contributed by atoms with Crippen LogP contribution in [0.25, 0.3) is 0 Å². The minimum absolute atomic E-state index is 0.0916. The van der Waals surface area contributed by atoms with Crippen LogP contribution in [-0.2, 0) is 25.6 Å². The van der Waals surface area contributed by atoms with Gasteiger partial charge in [0.1, 0.15) is 5.40 Å². The number of carboxylic acids is 3. The van der Waals surface area contributed by atoms with E-state index in [1.807, 2.05) is 5.40 Å². The summed E-state index contributed by atoms with van der Waals surface area (Å²) in [6.45, 7) is 0.577. The Hall–Kier alpha value is -3.18. The summed E-state index contributed by atoms with van der Waals surface area (Å²) in [6, 6.07) is 6.50. The van der Waals surface area contributed by atoms with Gasteiger partial charge in [-0.25, -0.2) is 0 Å². The fourth-order valence-electron chi connectivity index (χ4n) is 3.82. The van der Waals surface area contributed by atoms with E-state index in [-0.39, 0.29) is 64.7 Å². The van der Waals surface area contributed by atoms with Gasteiger partial charge in [0, 0.05) is 50.2 Å². The van der Waals surface area contributed by atoms with E-state index >= 15 is 0 Å². The minimum Gasteiger partial charge on any atom is -0.480 e. The summed E-state index contributed by atoms with van der Waals surface area (Å²) >= 11 is 1.02. The maximum Gasteiger partial charge on any atom is 0.317 e. The molecule has 1 aromatic carbocycles. The number of thiocyanates is 1. The van der Waals surface area contributed by atoms with E-state index < -0.39 is 23.9 Å². The van der Waals surface area contributed by atoms with Gasteiger partial charge in [-0.1, -0.05) is 12.1 Å². The first-order valence-electron chi connectivity index (χ1n) is 10.9. The molecule has 0 spiro atoms. The summed E-state index contributed by atoms with van der Waals surface area (Å²) in [5, 5.41) is 41.4. The highest BCUT2D eigenvalue weighted by atomic mass is 32.2. The molecule has 1 amide bonds. The molecule has 1 unspecified atom stereocenters. The first kappa shape index (κ1) is 28.1. The van der Waals surface area contributed by atoms with E-state index in [0.717, 1.165) is 22.2 Å². The van der Waals surface area contributed by atoms with Gasteiger partial charge in [0.15, 0.2) is 0 Å². The molecule has 1 heterocycles. The van der Waals surface area contributed by atoms with Crippen LogP contribution in [0.2, 0.25) is 0 Å². The zero-order valence-electron chi connectivity index (χ0n) is 19.1. The molecule has 2 rings (SSSR count). The van der Waals surface area contributed by atoms with Crippen LogP contribution in [0.4, 0.5) is 0 Å². The first-order chi connectivity index (χ1) is 16.7. The Balaban J connectivity index is 2.11. The number of carboxylic acid groups (broad SMARTS) is 3. The van der Waals surface area contributed by atoms with E-state index in [4.69, 9.17) is 10.4 Å². The molecule has 1 aromatic rings. The maximum absolute atomic E-state index is 12.6. The van der Waals surface area contributed by atoms with Crippen LogP contribution in [-0.4, -0.2) is 119 Å². The van der Waals surface area contributed by atoms with Crippen molar-refractivity contribution in [3.63, 3.8) is 0 Å². The Morgan fingerprint density at radius 1 is 0.914 bits per heavy atom. The predicted octanol–water partition coefficient (Wildman–Crippen LogP) is -0.540. The molecule has 12 nitrogen and oxygen atoms in total. The highest BCUT2D eigenvalue weighted by Crippen LogP contribution is 2.17. The van der Waals surface area contributed by atoms with Crippen LogP contribution in [0, 0.1) is 10.7 Å². The summed E-state index contributed by atoms with van der Waals surface area (Å²) in [4.78, 5) is 52.3. The van der Waals surface area contributed by atoms with Crippen molar-refractivity contribution < 1.29 is 34.5 Å². The van der Waals surface area contributed by atoms with Gasteiger partial charge < -0.3 is 20.6 Å². The number of aliphatic carboxylic acids is 3. The Morgan fingerprint density at radius 3 is 2.09 bits per heavy atom. The fraction of sp³-hybridized carbons (Fsp3) is 0.500. The monoisotopic (exact) mass is 507 g/mol. The number of thioether (sulfide) groups is 1. The normalized spacial score (nSPS) is 18.0. The average molecular weight is 508 g/mol. The van der Waals surface area contributed by atoms with Crippen LogP contribution in [0.5, 0.6) is 0 Å². The minimum atomic E-state index is -1.08. The third-order valence-electron chi connectivity index (χ3n) is 5.46. The van der Waals surface area contributed by atoms with Gasteiger partial charge in [-0.2, -0.15) is 5.26 Å². The second kappa shape index (κ2) is 14.3. The molecule has 13 heteroatoms. The number of hydrogen-bond acceptors (Lipinski definition) is 9. The first-order valence-corrected chi connectivity index (χ1v) is 11.7. The lowest BCUT2D eigenvalue weighted by atomic mass is 10.1. The zero-order valence-corrected chi connectivity index (χ0v) is 19.9. The van der Waals surface area contributed by atoms with E-state index in [2.05, 4.69) is 5.32 Å². The molecule has 0 bridgehead atoms. The van der Waals surface area contributed by atoms with Crippen LogP contribution in [0.1, 0.15) is 5.56 Å². The largest absolute Gasteiger partial charge is 0.480 e. The van der Waals surface area contributed by atoms with E-state index in [1.165, 1.54) is 0 Å². The van der Waals surface area contributed by atoms with Gasteiger partial charge in [0.2, 0.25) is 5.91 Å². The molecule has 190 valence electrons. The van der Waals surface area contributed by atoms with Gasteiger partial charge in [0.05, 0.1) is 26.1 Å². The van der Waals surface area contributed by atoms with Gasteiger partial charge in [-0.05, 0) is 29.5 Å². The summed E-state index contributed by atoms with van der Waals surface area (Å²) < 4.78 is 0. The van der Waals surface area contributed by atoms with Crippen molar-refractivity contribution >= 4 is 35.6 Å². The van der Waals surface area contributed by atoms with Crippen LogP contribution >= 0.6 is 11.8 Å². The molecule has 4 N–H and O–H groups in total. The van der Waals surface area contributed by atoms with Crippen LogP contribution in [0.3, 0.4) is 0 Å². The molecule has 1 saturated heterocycles. The maximum atomic E-state index is 12.6. The number of carbonyl (C=O) groups excluding carboxylic acids is 1. The quantitative estimate of drug-likeness (QED) is 0.223. The van der Waals surface area contributed by atoms with Crippen LogP contribution < -0.4 is 5.32 Å². The lowest BCUT2D eigenvalue weighted by Gasteiger charge is -2.33. The lowest BCUT2D eigenvalue weighted by Crippen LogP contribution is -2.53. The number of amides is 1. The number of nitrogens with one attached hydrogen (secondary N) is 1. The van der Waals surface area contributed by atoms with Crippen molar-refractivity contribution in [2.24, 2.45) is 0 Å². The molecule has 0 aliphatic carbocycles. The molecule has 0 aromatic heterocycles. The van der Waals surface area contributed by atoms with Gasteiger partial charge in [-0.15, -0.1) is 0 Å². The molecule has 1 fully saturated rings.